The first-order valence-corrected chi connectivity index (χ1v) is 13.2. The summed E-state index contributed by atoms with van der Waals surface area (Å²) in [4.78, 5) is 7.39. The van der Waals surface area contributed by atoms with Gasteiger partial charge in [-0.3, -0.25) is 0 Å². The molecule has 2 heterocycles. The smallest absolute Gasteiger partial charge is 0.227 e. The lowest BCUT2D eigenvalue weighted by atomic mass is 9.90. The Morgan fingerprint density at radius 1 is 0.641 bits per heavy atom. The average molecular weight is 505 g/mol. The lowest BCUT2D eigenvalue weighted by Crippen LogP contribution is -2.25. The Morgan fingerprint density at radius 2 is 1.38 bits per heavy atom. The summed E-state index contributed by atoms with van der Waals surface area (Å²) in [5, 5.41) is 2.25. The summed E-state index contributed by atoms with van der Waals surface area (Å²) in [5.41, 5.74) is 9.10. The van der Waals surface area contributed by atoms with E-state index < -0.39 is 0 Å². The fraction of sp³-hybridized carbons (Fsp3) is 0.0571. The highest BCUT2D eigenvalue weighted by Crippen LogP contribution is 2.44. The minimum Gasteiger partial charge on any atom is -0.456 e. The number of furan rings is 1. The summed E-state index contributed by atoms with van der Waals surface area (Å²) in [7, 11) is 0. The molecule has 2 aromatic heterocycles. The van der Waals surface area contributed by atoms with E-state index in [1.807, 2.05) is 42.5 Å². The summed E-state index contributed by atoms with van der Waals surface area (Å²) in [6, 6.07) is 39.8. The highest BCUT2D eigenvalue weighted by atomic mass is 16.3. The van der Waals surface area contributed by atoms with Crippen molar-refractivity contribution in [3.63, 3.8) is 0 Å². The summed E-state index contributed by atoms with van der Waals surface area (Å²) in [6.07, 6.45) is 5.33. The number of fused-ring (bicyclic) bond motifs is 6. The summed E-state index contributed by atoms with van der Waals surface area (Å²) >= 11 is 0. The van der Waals surface area contributed by atoms with Crippen LogP contribution in [0.15, 0.2) is 130 Å². The second-order valence-corrected chi connectivity index (χ2v) is 9.94. The second kappa shape index (κ2) is 8.74. The van der Waals surface area contributed by atoms with Gasteiger partial charge >= 0.3 is 0 Å². The van der Waals surface area contributed by atoms with Crippen molar-refractivity contribution in [2.24, 2.45) is 0 Å². The fourth-order valence-electron chi connectivity index (χ4n) is 5.85. The number of oxazole rings is 1. The van der Waals surface area contributed by atoms with Gasteiger partial charge in [-0.05, 0) is 66.6 Å². The number of hydrogen-bond donors (Lipinski definition) is 0. The van der Waals surface area contributed by atoms with Gasteiger partial charge in [0.05, 0.1) is 6.04 Å². The number of anilines is 2. The average Bonchev–Trinajstić information content (AvgIpc) is 3.60. The lowest BCUT2D eigenvalue weighted by molar-refractivity contribution is 0.619. The van der Waals surface area contributed by atoms with Crippen LogP contribution in [0.25, 0.3) is 50.6 Å². The van der Waals surface area contributed by atoms with E-state index in [1.165, 1.54) is 5.56 Å². The lowest BCUT2D eigenvalue weighted by Gasteiger charge is -2.36. The maximum absolute atomic E-state index is 6.20. The number of para-hydroxylation sites is 2. The van der Waals surface area contributed by atoms with E-state index in [-0.39, 0.29) is 6.04 Å². The van der Waals surface area contributed by atoms with Crippen LogP contribution in [0, 0.1) is 0 Å². The first-order valence-electron chi connectivity index (χ1n) is 13.2. The molecular weight excluding hydrogens is 480 g/mol. The molecule has 0 saturated carbocycles. The molecule has 186 valence electrons. The van der Waals surface area contributed by atoms with E-state index in [9.17, 15) is 0 Å². The van der Waals surface area contributed by atoms with Crippen LogP contribution in [0.5, 0.6) is 0 Å². The zero-order valence-corrected chi connectivity index (χ0v) is 21.1. The number of nitrogens with zero attached hydrogens (tertiary/aromatic N) is 2. The van der Waals surface area contributed by atoms with Crippen molar-refractivity contribution in [1.29, 1.82) is 0 Å². The summed E-state index contributed by atoms with van der Waals surface area (Å²) < 4.78 is 12.3. The zero-order chi connectivity index (χ0) is 25.8. The number of aromatic nitrogens is 1. The van der Waals surface area contributed by atoms with Gasteiger partial charge in [0, 0.05) is 33.3 Å². The number of hydrogen-bond acceptors (Lipinski definition) is 4. The molecule has 0 saturated heterocycles. The molecule has 0 amide bonds. The van der Waals surface area contributed by atoms with Crippen molar-refractivity contribution in [1.82, 2.24) is 4.98 Å². The predicted molar refractivity (Wildman–Crippen MR) is 158 cm³/mol. The molecular formula is C35H24N2O2. The Hall–Kier alpha value is -5.09. The Balaban J connectivity index is 1.30. The van der Waals surface area contributed by atoms with Gasteiger partial charge < -0.3 is 13.7 Å². The molecule has 4 nitrogen and oxygen atoms in total. The van der Waals surface area contributed by atoms with E-state index in [2.05, 4.69) is 89.8 Å². The Kier molecular flexibility index (Phi) is 4.92. The third kappa shape index (κ3) is 3.57. The van der Waals surface area contributed by atoms with Crippen molar-refractivity contribution in [3.8, 4) is 11.5 Å². The SMILES string of the molecule is C1=Cc2c(ccc3oc(-c4ccccc4)nc23)C(N(c2ccccc2)c2ccc3oc4ccccc4c3c2)C1. The van der Waals surface area contributed by atoms with Gasteiger partial charge in [-0.15, -0.1) is 0 Å². The van der Waals surface area contributed by atoms with Crippen molar-refractivity contribution >= 4 is 50.5 Å². The standard InChI is InChI=1S/C35H24N2O2/c1-3-10-23(11-4-1)35-36-34-28-15-9-16-30(26(28)19-21-33(34)39-35)37(24-12-5-2-6-13-24)25-18-20-32-29(22-25)27-14-7-8-17-31(27)38-32/h1-15,17-22,30H,16H2. The first kappa shape index (κ1) is 21.9. The molecule has 0 bridgehead atoms. The molecule has 7 aromatic rings. The third-order valence-corrected chi connectivity index (χ3v) is 7.64. The second-order valence-electron chi connectivity index (χ2n) is 9.94. The first-order chi connectivity index (χ1) is 19.3. The molecule has 0 spiro atoms. The van der Waals surface area contributed by atoms with E-state index in [0.717, 1.165) is 62.0 Å². The van der Waals surface area contributed by atoms with E-state index in [1.54, 1.807) is 0 Å². The van der Waals surface area contributed by atoms with Gasteiger partial charge in [-0.25, -0.2) is 4.98 Å². The van der Waals surface area contributed by atoms with Crippen LogP contribution in [0.4, 0.5) is 11.4 Å². The molecule has 1 aliphatic rings. The molecule has 1 atom stereocenters. The fourth-order valence-corrected chi connectivity index (χ4v) is 5.85. The van der Waals surface area contributed by atoms with Crippen molar-refractivity contribution < 1.29 is 8.83 Å². The molecule has 0 N–H and O–H groups in total. The van der Waals surface area contributed by atoms with Gasteiger partial charge in [0.1, 0.15) is 16.7 Å². The van der Waals surface area contributed by atoms with Gasteiger partial charge in [0.25, 0.3) is 0 Å². The van der Waals surface area contributed by atoms with Crippen LogP contribution < -0.4 is 4.90 Å². The molecule has 0 radical (unpaired) electrons. The number of benzene rings is 5. The van der Waals surface area contributed by atoms with Crippen LogP contribution in [-0.2, 0) is 0 Å². The Bertz CT molecular complexity index is 2000. The van der Waals surface area contributed by atoms with Crippen molar-refractivity contribution in [3.05, 3.63) is 132 Å². The summed E-state index contributed by atoms with van der Waals surface area (Å²) in [6.45, 7) is 0. The predicted octanol–water partition coefficient (Wildman–Crippen LogP) is 9.69. The highest BCUT2D eigenvalue weighted by molar-refractivity contribution is 6.06. The van der Waals surface area contributed by atoms with E-state index in [0.29, 0.717) is 5.89 Å². The monoisotopic (exact) mass is 504 g/mol. The normalized spacial score (nSPS) is 14.7. The highest BCUT2D eigenvalue weighted by Gasteiger charge is 2.28. The van der Waals surface area contributed by atoms with Gasteiger partial charge in [0.2, 0.25) is 5.89 Å². The molecule has 8 rings (SSSR count). The van der Waals surface area contributed by atoms with Crippen LogP contribution >= 0.6 is 0 Å². The van der Waals surface area contributed by atoms with Gasteiger partial charge in [-0.1, -0.05) is 72.8 Å². The third-order valence-electron chi connectivity index (χ3n) is 7.64. The Labute approximate surface area is 225 Å². The molecule has 5 aromatic carbocycles. The van der Waals surface area contributed by atoms with E-state index in [4.69, 9.17) is 13.8 Å². The molecule has 1 unspecified atom stereocenters. The topological polar surface area (TPSA) is 42.4 Å². The maximum atomic E-state index is 6.20. The van der Waals surface area contributed by atoms with Crippen LogP contribution in [0.3, 0.4) is 0 Å². The van der Waals surface area contributed by atoms with Crippen molar-refractivity contribution in [2.75, 3.05) is 4.90 Å². The molecule has 0 aliphatic heterocycles. The van der Waals surface area contributed by atoms with E-state index >= 15 is 0 Å². The van der Waals surface area contributed by atoms with Crippen molar-refractivity contribution in [2.45, 2.75) is 12.5 Å². The molecule has 39 heavy (non-hydrogen) atoms. The Morgan fingerprint density at radius 3 is 2.26 bits per heavy atom. The number of rotatable bonds is 4. The summed E-state index contributed by atoms with van der Waals surface area (Å²) in [5.74, 6) is 0.645. The van der Waals surface area contributed by atoms with Gasteiger partial charge in [0.15, 0.2) is 5.58 Å². The molecule has 1 aliphatic carbocycles. The van der Waals surface area contributed by atoms with Crippen LogP contribution in [0.1, 0.15) is 23.6 Å². The maximum Gasteiger partial charge on any atom is 0.227 e. The minimum absolute atomic E-state index is 0.0873. The molecule has 4 heteroatoms. The minimum atomic E-state index is 0.0873. The quantitative estimate of drug-likeness (QED) is 0.239. The van der Waals surface area contributed by atoms with Gasteiger partial charge in [-0.2, -0.15) is 0 Å². The van der Waals surface area contributed by atoms with Crippen LogP contribution in [0.2, 0.25) is 0 Å². The molecule has 0 fully saturated rings. The largest absolute Gasteiger partial charge is 0.456 e. The van der Waals surface area contributed by atoms with Crippen LogP contribution in [-0.4, -0.2) is 4.98 Å². The zero-order valence-electron chi connectivity index (χ0n) is 21.1.